The number of unbranched alkanes of at least 4 members (excludes halogenated alkanes) is 1. The summed E-state index contributed by atoms with van der Waals surface area (Å²) in [5, 5.41) is 5.50. The fourth-order valence-corrected chi connectivity index (χ4v) is 5.34. The fraction of sp³-hybridized carbons (Fsp3) is 0.526. The Morgan fingerprint density at radius 2 is 2.00 bits per heavy atom. The van der Waals surface area contributed by atoms with Gasteiger partial charge in [-0.25, -0.2) is 13.1 Å². The molecule has 3 rings (SSSR count). The molecule has 8 heteroatoms. The normalized spacial score (nSPS) is 18.7. The Morgan fingerprint density at radius 1 is 1.30 bits per heavy atom. The quantitative estimate of drug-likeness (QED) is 0.740. The molecule has 1 aromatic carbocycles. The van der Waals surface area contributed by atoms with E-state index >= 15 is 0 Å². The van der Waals surface area contributed by atoms with Crippen molar-refractivity contribution < 1.29 is 13.2 Å². The number of aryl methyl sites for hydroxylation is 1. The van der Waals surface area contributed by atoms with Crippen molar-refractivity contribution in [3.05, 3.63) is 40.3 Å². The predicted octanol–water partition coefficient (Wildman–Crippen LogP) is 1.29. The van der Waals surface area contributed by atoms with Gasteiger partial charge < -0.3 is 4.90 Å². The van der Waals surface area contributed by atoms with E-state index in [1.807, 2.05) is 13.0 Å². The van der Waals surface area contributed by atoms with Crippen molar-refractivity contribution in [3.63, 3.8) is 0 Å². The van der Waals surface area contributed by atoms with Gasteiger partial charge in [-0.05, 0) is 18.9 Å². The summed E-state index contributed by atoms with van der Waals surface area (Å²) < 4.78 is 25.0. The minimum Gasteiger partial charge on any atom is -0.338 e. The first-order chi connectivity index (χ1) is 12.8. The molecule has 2 heterocycles. The molecule has 0 N–H and O–H groups in total. The van der Waals surface area contributed by atoms with Crippen LogP contribution in [0.2, 0.25) is 0 Å². The molecular weight excluding hydrogens is 366 g/mol. The molecule has 1 unspecified atom stereocenters. The molecule has 1 fully saturated rings. The third kappa shape index (κ3) is 4.21. The predicted molar refractivity (Wildman–Crippen MR) is 104 cm³/mol. The monoisotopic (exact) mass is 391 g/mol. The van der Waals surface area contributed by atoms with Crippen LogP contribution in [-0.4, -0.2) is 53.1 Å². The second kappa shape index (κ2) is 7.80. The summed E-state index contributed by atoms with van der Waals surface area (Å²) in [6.07, 6.45) is 2.28. The van der Waals surface area contributed by atoms with E-state index in [9.17, 15) is 18.0 Å². The van der Waals surface area contributed by atoms with E-state index in [1.165, 1.54) is 4.68 Å². The first-order valence-corrected chi connectivity index (χ1v) is 11.1. The van der Waals surface area contributed by atoms with Crippen LogP contribution in [-0.2, 0) is 28.1 Å². The SMILES string of the molecule is CCCCN(C(=O)Cc1nn(C)c(=O)c2ccccc12)C1CCS(=O)(=O)C1. The highest BCUT2D eigenvalue weighted by Crippen LogP contribution is 2.21. The van der Waals surface area contributed by atoms with Crippen molar-refractivity contribution in [2.45, 2.75) is 38.6 Å². The van der Waals surface area contributed by atoms with Crippen LogP contribution in [0.3, 0.4) is 0 Å². The summed E-state index contributed by atoms with van der Waals surface area (Å²) in [6.45, 7) is 2.58. The van der Waals surface area contributed by atoms with Crippen LogP contribution in [0.4, 0.5) is 0 Å². The van der Waals surface area contributed by atoms with Crippen molar-refractivity contribution in [1.82, 2.24) is 14.7 Å². The van der Waals surface area contributed by atoms with Crippen molar-refractivity contribution in [2.24, 2.45) is 7.05 Å². The molecular formula is C19H25N3O4S. The van der Waals surface area contributed by atoms with E-state index in [0.29, 0.717) is 29.4 Å². The lowest BCUT2D eigenvalue weighted by molar-refractivity contribution is -0.132. The topological polar surface area (TPSA) is 89.3 Å². The molecule has 27 heavy (non-hydrogen) atoms. The molecule has 1 atom stereocenters. The van der Waals surface area contributed by atoms with Gasteiger partial charge in [-0.2, -0.15) is 5.10 Å². The van der Waals surface area contributed by atoms with Crippen LogP contribution in [0.15, 0.2) is 29.1 Å². The van der Waals surface area contributed by atoms with Gasteiger partial charge in [-0.3, -0.25) is 9.59 Å². The number of fused-ring (bicyclic) bond motifs is 1. The molecule has 0 aliphatic carbocycles. The largest absolute Gasteiger partial charge is 0.338 e. The fourth-order valence-electron chi connectivity index (χ4n) is 3.61. The summed E-state index contributed by atoms with van der Waals surface area (Å²) in [5.74, 6) is 0.0280. The van der Waals surface area contributed by atoms with Crippen LogP contribution in [0, 0.1) is 0 Å². The highest BCUT2D eigenvalue weighted by molar-refractivity contribution is 7.91. The minimum atomic E-state index is -3.07. The van der Waals surface area contributed by atoms with Crippen molar-refractivity contribution in [2.75, 3.05) is 18.1 Å². The number of sulfone groups is 1. The maximum absolute atomic E-state index is 13.1. The van der Waals surface area contributed by atoms with Gasteiger partial charge in [0.1, 0.15) is 0 Å². The van der Waals surface area contributed by atoms with Crippen LogP contribution in [0.25, 0.3) is 10.8 Å². The molecule has 146 valence electrons. The third-order valence-electron chi connectivity index (χ3n) is 5.07. The molecule has 7 nitrogen and oxygen atoms in total. The van der Waals surface area contributed by atoms with E-state index in [2.05, 4.69) is 5.10 Å². The third-order valence-corrected chi connectivity index (χ3v) is 6.82. The van der Waals surface area contributed by atoms with E-state index in [-0.39, 0.29) is 35.4 Å². The molecule has 2 aromatic rings. The van der Waals surface area contributed by atoms with Gasteiger partial charge in [0.05, 0.1) is 29.0 Å². The number of carbonyl (C=O) groups is 1. The zero-order valence-electron chi connectivity index (χ0n) is 15.7. The smallest absolute Gasteiger partial charge is 0.274 e. The molecule has 0 radical (unpaired) electrons. The van der Waals surface area contributed by atoms with Crippen LogP contribution in [0.1, 0.15) is 31.9 Å². The van der Waals surface area contributed by atoms with Gasteiger partial charge in [0.2, 0.25) is 5.91 Å². The van der Waals surface area contributed by atoms with Crippen LogP contribution >= 0.6 is 0 Å². The number of benzene rings is 1. The highest BCUT2D eigenvalue weighted by atomic mass is 32.2. The van der Waals surface area contributed by atoms with Gasteiger partial charge in [0, 0.05) is 25.0 Å². The van der Waals surface area contributed by atoms with Crippen LogP contribution in [0.5, 0.6) is 0 Å². The molecule has 0 bridgehead atoms. The van der Waals surface area contributed by atoms with E-state index in [0.717, 1.165) is 12.8 Å². The maximum atomic E-state index is 13.1. The molecule has 1 amide bonds. The number of amides is 1. The van der Waals surface area contributed by atoms with Gasteiger partial charge in [0.15, 0.2) is 9.84 Å². The van der Waals surface area contributed by atoms with Gasteiger partial charge in [-0.15, -0.1) is 0 Å². The molecule has 0 spiro atoms. The number of hydrogen-bond donors (Lipinski definition) is 0. The second-order valence-electron chi connectivity index (χ2n) is 7.10. The number of carbonyl (C=O) groups excluding carboxylic acids is 1. The Hall–Kier alpha value is -2.22. The van der Waals surface area contributed by atoms with Gasteiger partial charge in [-0.1, -0.05) is 31.5 Å². The Balaban J connectivity index is 1.91. The molecule has 0 saturated carbocycles. The Kier molecular flexibility index (Phi) is 5.64. The Labute approximate surface area is 158 Å². The molecule has 1 aromatic heterocycles. The number of hydrogen-bond acceptors (Lipinski definition) is 5. The average molecular weight is 391 g/mol. The molecule has 1 saturated heterocycles. The van der Waals surface area contributed by atoms with E-state index in [4.69, 9.17) is 0 Å². The summed E-state index contributed by atoms with van der Waals surface area (Å²) in [5.41, 5.74) is 0.339. The zero-order valence-corrected chi connectivity index (χ0v) is 16.5. The van der Waals surface area contributed by atoms with Crippen molar-refractivity contribution in [3.8, 4) is 0 Å². The lowest BCUT2D eigenvalue weighted by Gasteiger charge is -2.28. The van der Waals surface area contributed by atoms with Crippen molar-refractivity contribution >= 4 is 26.5 Å². The summed E-state index contributed by atoms with van der Waals surface area (Å²) in [7, 11) is -1.50. The zero-order chi connectivity index (χ0) is 19.6. The minimum absolute atomic E-state index is 0.0317. The lowest BCUT2D eigenvalue weighted by atomic mass is 10.1. The average Bonchev–Trinajstić information content (AvgIpc) is 2.99. The Morgan fingerprint density at radius 3 is 2.63 bits per heavy atom. The van der Waals surface area contributed by atoms with Crippen LogP contribution < -0.4 is 5.56 Å². The van der Waals surface area contributed by atoms with Gasteiger partial charge in [0.25, 0.3) is 5.56 Å². The Bertz CT molecular complexity index is 1010. The summed E-state index contributed by atoms with van der Waals surface area (Å²) >= 11 is 0. The standard InChI is InChI=1S/C19H25N3O4S/c1-3-4-10-22(14-9-11-27(25,26)13-14)18(23)12-17-15-7-5-6-8-16(15)19(24)21(2)20-17/h5-8,14H,3-4,9-13H2,1-2H3. The lowest BCUT2D eigenvalue weighted by Crippen LogP contribution is -2.43. The first-order valence-electron chi connectivity index (χ1n) is 9.27. The second-order valence-corrected chi connectivity index (χ2v) is 9.32. The number of rotatable bonds is 6. The molecule has 1 aliphatic rings. The van der Waals surface area contributed by atoms with Gasteiger partial charge >= 0.3 is 0 Å². The summed E-state index contributed by atoms with van der Waals surface area (Å²) in [4.78, 5) is 27.0. The van der Waals surface area contributed by atoms with Crippen molar-refractivity contribution in [1.29, 1.82) is 0 Å². The summed E-state index contributed by atoms with van der Waals surface area (Å²) in [6, 6.07) is 6.85. The number of aromatic nitrogens is 2. The molecule has 1 aliphatic heterocycles. The maximum Gasteiger partial charge on any atom is 0.274 e. The highest BCUT2D eigenvalue weighted by Gasteiger charge is 2.34. The van der Waals surface area contributed by atoms with E-state index < -0.39 is 9.84 Å². The van der Waals surface area contributed by atoms with E-state index in [1.54, 1.807) is 30.1 Å². The first kappa shape index (κ1) is 19.5. The number of nitrogens with zero attached hydrogens (tertiary/aromatic N) is 3.